The minimum absolute atomic E-state index is 0.0342. The fourth-order valence-electron chi connectivity index (χ4n) is 2.05. The van der Waals surface area contributed by atoms with E-state index in [4.69, 9.17) is 10.5 Å². The topological polar surface area (TPSA) is 69.4 Å². The van der Waals surface area contributed by atoms with Gasteiger partial charge in [-0.1, -0.05) is 0 Å². The summed E-state index contributed by atoms with van der Waals surface area (Å²) in [6.07, 6.45) is 0.658. The predicted molar refractivity (Wildman–Crippen MR) is 66.8 cm³/mol. The number of sulfone groups is 1. The van der Waals surface area contributed by atoms with Gasteiger partial charge in [0.15, 0.2) is 9.84 Å². The van der Waals surface area contributed by atoms with Gasteiger partial charge in [-0.3, -0.25) is 0 Å². The number of hydrogen-bond acceptors (Lipinski definition) is 4. The van der Waals surface area contributed by atoms with Crippen molar-refractivity contribution in [3.8, 4) is 5.75 Å². The van der Waals surface area contributed by atoms with Crippen LogP contribution in [0.1, 0.15) is 12.0 Å². The van der Waals surface area contributed by atoms with Crippen LogP contribution in [0, 0.1) is 5.82 Å². The molecule has 0 saturated carbocycles. The van der Waals surface area contributed by atoms with Gasteiger partial charge in [-0.15, -0.1) is 0 Å². The van der Waals surface area contributed by atoms with Crippen LogP contribution in [0.5, 0.6) is 5.75 Å². The molecule has 1 atom stereocenters. The largest absolute Gasteiger partial charge is 0.489 e. The highest BCUT2D eigenvalue weighted by Crippen LogP contribution is 2.24. The monoisotopic (exact) mass is 273 g/mol. The van der Waals surface area contributed by atoms with Gasteiger partial charge in [0.25, 0.3) is 0 Å². The zero-order chi connectivity index (χ0) is 13.2. The zero-order valence-electron chi connectivity index (χ0n) is 9.93. The Kier molecular flexibility index (Phi) is 3.87. The van der Waals surface area contributed by atoms with Gasteiger partial charge in [0.1, 0.15) is 17.7 Å². The number of hydrogen-bond donors (Lipinski definition) is 1. The Morgan fingerprint density at radius 2 is 2.22 bits per heavy atom. The van der Waals surface area contributed by atoms with Crippen LogP contribution in [-0.2, 0) is 16.3 Å². The van der Waals surface area contributed by atoms with Crippen LogP contribution in [0.4, 0.5) is 4.39 Å². The minimum Gasteiger partial charge on any atom is -0.489 e. The Hall–Kier alpha value is -1.14. The molecule has 100 valence electrons. The van der Waals surface area contributed by atoms with Gasteiger partial charge in [-0.05, 0) is 43.1 Å². The molecule has 1 heterocycles. The van der Waals surface area contributed by atoms with Crippen LogP contribution < -0.4 is 10.5 Å². The second-order valence-corrected chi connectivity index (χ2v) is 6.66. The van der Waals surface area contributed by atoms with Gasteiger partial charge in [0.05, 0.1) is 11.5 Å². The Morgan fingerprint density at radius 1 is 1.44 bits per heavy atom. The van der Waals surface area contributed by atoms with E-state index in [1.807, 2.05) is 0 Å². The molecule has 0 bridgehead atoms. The van der Waals surface area contributed by atoms with Gasteiger partial charge in [-0.25, -0.2) is 12.8 Å². The molecule has 0 amide bonds. The Bertz CT molecular complexity index is 530. The molecule has 1 aliphatic heterocycles. The smallest absolute Gasteiger partial charge is 0.154 e. The fourth-order valence-corrected chi connectivity index (χ4v) is 3.64. The Morgan fingerprint density at radius 3 is 2.83 bits per heavy atom. The Labute approximate surface area is 106 Å². The molecule has 0 aliphatic carbocycles. The van der Waals surface area contributed by atoms with E-state index in [0.29, 0.717) is 30.7 Å². The van der Waals surface area contributed by atoms with Crippen LogP contribution in [0.25, 0.3) is 0 Å². The molecular formula is C12H16FNO3S. The van der Waals surface area contributed by atoms with Crippen molar-refractivity contribution in [1.29, 1.82) is 0 Å². The third-order valence-corrected chi connectivity index (χ3v) is 4.66. The second-order valence-electron chi connectivity index (χ2n) is 4.43. The van der Waals surface area contributed by atoms with E-state index in [1.54, 1.807) is 0 Å². The highest BCUT2D eigenvalue weighted by atomic mass is 32.2. The van der Waals surface area contributed by atoms with E-state index >= 15 is 0 Å². The van der Waals surface area contributed by atoms with Crippen molar-refractivity contribution in [2.45, 2.75) is 18.9 Å². The quantitative estimate of drug-likeness (QED) is 0.884. The summed E-state index contributed by atoms with van der Waals surface area (Å²) in [5.74, 6) is 0.381. The number of rotatable bonds is 4. The van der Waals surface area contributed by atoms with E-state index < -0.39 is 9.84 Å². The molecule has 1 fully saturated rings. The maximum atomic E-state index is 13.1. The first-order valence-electron chi connectivity index (χ1n) is 5.86. The van der Waals surface area contributed by atoms with Crippen LogP contribution in [-0.4, -0.2) is 32.6 Å². The van der Waals surface area contributed by atoms with E-state index in [-0.39, 0.29) is 23.4 Å². The van der Waals surface area contributed by atoms with Crippen molar-refractivity contribution < 1.29 is 17.5 Å². The average Bonchev–Trinajstić information content (AvgIpc) is 2.62. The zero-order valence-corrected chi connectivity index (χ0v) is 10.7. The van der Waals surface area contributed by atoms with E-state index in [0.717, 1.165) is 0 Å². The van der Waals surface area contributed by atoms with Gasteiger partial charge < -0.3 is 10.5 Å². The van der Waals surface area contributed by atoms with Crippen LogP contribution in [0.15, 0.2) is 18.2 Å². The molecule has 0 radical (unpaired) electrons. The lowest BCUT2D eigenvalue weighted by Gasteiger charge is -2.15. The summed E-state index contributed by atoms with van der Waals surface area (Å²) in [5, 5.41) is 0. The lowest BCUT2D eigenvalue weighted by atomic mass is 10.1. The molecule has 1 unspecified atom stereocenters. The normalized spacial score (nSPS) is 22.0. The molecule has 0 spiro atoms. The van der Waals surface area contributed by atoms with Gasteiger partial charge >= 0.3 is 0 Å². The lowest BCUT2D eigenvalue weighted by Crippen LogP contribution is -2.19. The standard InChI is InChI=1S/C12H16FNO3S/c13-10-1-2-12(9(7-10)3-5-14)17-11-4-6-18(15,16)8-11/h1-2,7,11H,3-6,8,14H2. The summed E-state index contributed by atoms with van der Waals surface area (Å²) in [5.41, 5.74) is 6.14. The summed E-state index contributed by atoms with van der Waals surface area (Å²) in [6, 6.07) is 4.22. The fraction of sp³-hybridized carbons (Fsp3) is 0.500. The van der Waals surface area contributed by atoms with Crippen LogP contribution in [0.3, 0.4) is 0 Å². The van der Waals surface area contributed by atoms with E-state index in [9.17, 15) is 12.8 Å². The number of nitrogens with two attached hydrogens (primary N) is 1. The minimum atomic E-state index is -2.97. The molecule has 1 aromatic rings. The highest BCUT2D eigenvalue weighted by Gasteiger charge is 2.29. The number of ether oxygens (including phenoxy) is 1. The lowest BCUT2D eigenvalue weighted by molar-refractivity contribution is 0.226. The second kappa shape index (κ2) is 5.24. The van der Waals surface area contributed by atoms with Gasteiger partial charge in [0.2, 0.25) is 0 Å². The number of halogens is 1. The summed E-state index contributed by atoms with van der Waals surface area (Å²) >= 11 is 0. The first-order valence-corrected chi connectivity index (χ1v) is 7.68. The SMILES string of the molecule is NCCc1cc(F)ccc1OC1CCS(=O)(=O)C1. The van der Waals surface area contributed by atoms with Crippen LogP contribution >= 0.6 is 0 Å². The Balaban J connectivity index is 2.14. The maximum absolute atomic E-state index is 13.1. The van der Waals surface area contributed by atoms with E-state index in [2.05, 4.69) is 0 Å². The number of benzene rings is 1. The molecule has 1 aromatic carbocycles. The van der Waals surface area contributed by atoms with Crippen LogP contribution in [0.2, 0.25) is 0 Å². The van der Waals surface area contributed by atoms with Crippen molar-refractivity contribution in [1.82, 2.24) is 0 Å². The first-order chi connectivity index (χ1) is 8.50. The maximum Gasteiger partial charge on any atom is 0.154 e. The molecular weight excluding hydrogens is 257 g/mol. The molecule has 2 N–H and O–H groups in total. The molecule has 18 heavy (non-hydrogen) atoms. The third kappa shape index (κ3) is 3.20. The van der Waals surface area contributed by atoms with Crippen molar-refractivity contribution in [2.24, 2.45) is 5.73 Å². The van der Waals surface area contributed by atoms with Gasteiger partial charge in [-0.2, -0.15) is 0 Å². The average molecular weight is 273 g/mol. The van der Waals surface area contributed by atoms with Crippen molar-refractivity contribution in [2.75, 3.05) is 18.1 Å². The van der Waals surface area contributed by atoms with E-state index in [1.165, 1.54) is 18.2 Å². The summed E-state index contributed by atoms with van der Waals surface area (Å²) in [7, 11) is -2.97. The molecule has 4 nitrogen and oxygen atoms in total. The molecule has 2 rings (SSSR count). The molecule has 1 saturated heterocycles. The van der Waals surface area contributed by atoms with Gasteiger partial charge in [0, 0.05) is 0 Å². The third-order valence-electron chi connectivity index (χ3n) is 2.92. The molecule has 1 aliphatic rings. The molecule has 0 aromatic heterocycles. The predicted octanol–water partition coefficient (Wildman–Crippen LogP) is 0.893. The highest BCUT2D eigenvalue weighted by molar-refractivity contribution is 7.91. The van der Waals surface area contributed by atoms with Crippen molar-refractivity contribution in [3.63, 3.8) is 0 Å². The van der Waals surface area contributed by atoms with Crippen molar-refractivity contribution >= 4 is 9.84 Å². The first kappa shape index (κ1) is 13.3. The summed E-state index contributed by atoms with van der Waals surface area (Å²) in [4.78, 5) is 0. The van der Waals surface area contributed by atoms with Crippen molar-refractivity contribution in [3.05, 3.63) is 29.6 Å². The summed E-state index contributed by atoms with van der Waals surface area (Å²) < 4.78 is 41.4. The summed E-state index contributed by atoms with van der Waals surface area (Å²) in [6.45, 7) is 0.392. The molecule has 6 heteroatoms.